The second-order valence-electron chi connectivity index (χ2n) is 7.70. The van der Waals surface area contributed by atoms with Crippen molar-refractivity contribution in [2.24, 2.45) is 0 Å². The third-order valence-corrected chi connectivity index (χ3v) is 5.55. The number of nitrogens with zero attached hydrogens (tertiary/aromatic N) is 4. The van der Waals surface area contributed by atoms with Crippen molar-refractivity contribution in [3.63, 3.8) is 0 Å². The van der Waals surface area contributed by atoms with E-state index in [0.29, 0.717) is 47.6 Å². The molecule has 0 aliphatic carbocycles. The Morgan fingerprint density at radius 2 is 1.78 bits per heavy atom. The number of aromatic nitrogens is 4. The maximum Gasteiger partial charge on any atom is 0.273 e. The third kappa shape index (κ3) is 4.89. The summed E-state index contributed by atoms with van der Waals surface area (Å²) in [6.07, 6.45) is 0.704. The van der Waals surface area contributed by atoms with Crippen molar-refractivity contribution >= 4 is 17.5 Å². The lowest BCUT2D eigenvalue weighted by Gasteiger charge is -2.05. The maximum atomic E-state index is 12.6. The highest BCUT2D eigenvalue weighted by Gasteiger charge is 2.19. The summed E-state index contributed by atoms with van der Waals surface area (Å²) in [5, 5.41) is 11.8. The van der Waals surface area contributed by atoms with Crippen LogP contribution in [0.3, 0.4) is 0 Å². The molecule has 164 valence electrons. The molecule has 0 saturated carbocycles. The molecule has 2 heterocycles. The molecule has 4 aromatic rings. The summed E-state index contributed by atoms with van der Waals surface area (Å²) >= 11 is 5.90. The lowest BCUT2D eigenvalue weighted by Crippen LogP contribution is -2.26. The third-order valence-electron chi connectivity index (χ3n) is 5.30. The number of oxazole rings is 1. The van der Waals surface area contributed by atoms with Gasteiger partial charge in [0, 0.05) is 17.1 Å². The largest absolute Gasteiger partial charge is 0.441 e. The Morgan fingerprint density at radius 3 is 2.50 bits per heavy atom. The number of hydrogen-bond acceptors (Lipinski definition) is 5. The Balaban J connectivity index is 1.41. The van der Waals surface area contributed by atoms with Gasteiger partial charge in [0.05, 0.1) is 12.2 Å². The van der Waals surface area contributed by atoms with E-state index < -0.39 is 0 Å². The van der Waals surface area contributed by atoms with Gasteiger partial charge in [-0.25, -0.2) is 9.67 Å². The van der Waals surface area contributed by atoms with Crippen LogP contribution < -0.4 is 5.32 Å². The van der Waals surface area contributed by atoms with Crippen LogP contribution in [-0.2, 0) is 13.0 Å². The van der Waals surface area contributed by atoms with Gasteiger partial charge in [0.1, 0.15) is 11.5 Å². The number of carbonyl (C=O) groups excluding carboxylic acids is 1. The van der Waals surface area contributed by atoms with E-state index in [1.54, 1.807) is 4.68 Å². The second kappa shape index (κ2) is 9.36. The van der Waals surface area contributed by atoms with Gasteiger partial charge in [-0.1, -0.05) is 46.6 Å². The molecule has 1 N–H and O–H groups in total. The van der Waals surface area contributed by atoms with Crippen LogP contribution in [0.1, 0.15) is 38.8 Å². The summed E-state index contributed by atoms with van der Waals surface area (Å²) in [4.78, 5) is 17.2. The Bertz CT molecular complexity index is 1230. The van der Waals surface area contributed by atoms with Crippen molar-refractivity contribution < 1.29 is 9.21 Å². The highest BCUT2D eigenvalue weighted by Crippen LogP contribution is 2.23. The Labute approximate surface area is 191 Å². The molecule has 8 heteroatoms. The number of amides is 1. The van der Waals surface area contributed by atoms with Gasteiger partial charge in [-0.15, -0.1) is 5.10 Å². The Hall–Kier alpha value is -3.45. The van der Waals surface area contributed by atoms with Gasteiger partial charge in [0.25, 0.3) is 5.91 Å². The smallest absolute Gasteiger partial charge is 0.273 e. The number of nitrogens with one attached hydrogen (secondary N) is 1. The van der Waals surface area contributed by atoms with Gasteiger partial charge in [0.15, 0.2) is 5.69 Å². The predicted molar refractivity (Wildman–Crippen MR) is 123 cm³/mol. The van der Waals surface area contributed by atoms with Crippen molar-refractivity contribution in [1.82, 2.24) is 25.3 Å². The molecule has 0 radical (unpaired) electrons. The van der Waals surface area contributed by atoms with Crippen LogP contribution >= 0.6 is 11.6 Å². The van der Waals surface area contributed by atoms with E-state index in [0.717, 1.165) is 16.8 Å². The Morgan fingerprint density at radius 1 is 1.06 bits per heavy atom. The second-order valence-corrected chi connectivity index (χ2v) is 8.14. The first-order valence-electron chi connectivity index (χ1n) is 10.4. The normalized spacial score (nSPS) is 11.0. The quantitative estimate of drug-likeness (QED) is 0.448. The van der Waals surface area contributed by atoms with Crippen molar-refractivity contribution in [3.8, 4) is 11.5 Å². The zero-order valence-corrected chi connectivity index (χ0v) is 19.0. The number of hydrogen-bond donors (Lipinski definition) is 1. The summed E-state index contributed by atoms with van der Waals surface area (Å²) in [5.74, 6) is 1.03. The molecular weight excluding hydrogens is 426 g/mol. The van der Waals surface area contributed by atoms with E-state index in [1.807, 2.05) is 69.3 Å². The molecule has 0 atom stereocenters. The summed E-state index contributed by atoms with van der Waals surface area (Å²) in [6.45, 7) is 6.60. The molecule has 0 spiro atoms. The molecule has 0 aliphatic heterocycles. The minimum atomic E-state index is -0.250. The van der Waals surface area contributed by atoms with Crippen LogP contribution in [0.5, 0.6) is 0 Å². The Kier molecular flexibility index (Phi) is 6.37. The van der Waals surface area contributed by atoms with Crippen LogP contribution in [0.4, 0.5) is 0 Å². The van der Waals surface area contributed by atoms with Gasteiger partial charge in [-0.3, -0.25) is 4.79 Å². The standard InChI is InChI=1S/C24H24ClN5O2/c1-15-4-8-19(9-5-15)24-27-21(17(3)32-24)14-30-16(2)22(28-29-30)23(31)26-13-12-18-6-10-20(25)11-7-18/h4-11H,12-14H2,1-3H3,(H,26,31). The molecule has 0 bridgehead atoms. The summed E-state index contributed by atoms with van der Waals surface area (Å²) < 4.78 is 7.51. The predicted octanol–water partition coefficient (Wildman–Crippen LogP) is 4.53. The van der Waals surface area contributed by atoms with E-state index in [9.17, 15) is 4.79 Å². The minimum Gasteiger partial charge on any atom is -0.441 e. The zero-order valence-electron chi connectivity index (χ0n) is 18.2. The van der Waals surface area contributed by atoms with Gasteiger partial charge in [-0.2, -0.15) is 0 Å². The van der Waals surface area contributed by atoms with Gasteiger partial charge in [-0.05, 0) is 57.0 Å². The van der Waals surface area contributed by atoms with E-state index in [-0.39, 0.29) is 5.91 Å². The van der Waals surface area contributed by atoms with Crippen molar-refractivity contribution in [3.05, 3.63) is 87.5 Å². The highest BCUT2D eigenvalue weighted by atomic mass is 35.5. The molecule has 0 aliphatic rings. The molecule has 2 aromatic carbocycles. The van der Waals surface area contributed by atoms with E-state index in [4.69, 9.17) is 16.0 Å². The summed E-state index contributed by atoms with van der Waals surface area (Å²) in [6, 6.07) is 15.6. The average molecular weight is 450 g/mol. The average Bonchev–Trinajstić information content (AvgIpc) is 3.33. The zero-order chi connectivity index (χ0) is 22.7. The van der Waals surface area contributed by atoms with E-state index >= 15 is 0 Å². The van der Waals surface area contributed by atoms with Crippen LogP contribution in [0.25, 0.3) is 11.5 Å². The number of benzene rings is 2. The maximum absolute atomic E-state index is 12.6. The molecule has 2 aromatic heterocycles. The molecule has 7 nitrogen and oxygen atoms in total. The monoisotopic (exact) mass is 449 g/mol. The van der Waals surface area contributed by atoms with Crippen LogP contribution in [0.15, 0.2) is 52.9 Å². The fraction of sp³-hybridized carbons (Fsp3) is 0.250. The van der Waals surface area contributed by atoms with Crippen molar-refractivity contribution in [2.45, 2.75) is 33.7 Å². The van der Waals surface area contributed by atoms with Gasteiger partial charge < -0.3 is 9.73 Å². The van der Waals surface area contributed by atoms with Crippen LogP contribution in [0, 0.1) is 20.8 Å². The number of rotatable bonds is 7. The van der Waals surface area contributed by atoms with Crippen LogP contribution in [0.2, 0.25) is 5.02 Å². The summed E-state index contributed by atoms with van der Waals surface area (Å²) in [7, 11) is 0. The van der Waals surface area contributed by atoms with Crippen LogP contribution in [-0.4, -0.2) is 32.4 Å². The number of aryl methyl sites for hydroxylation is 2. The highest BCUT2D eigenvalue weighted by molar-refractivity contribution is 6.30. The first-order valence-corrected chi connectivity index (χ1v) is 10.7. The van der Waals surface area contributed by atoms with E-state index in [1.165, 1.54) is 5.56 Å². The molecule has 1 amide bonds. The first-order chi connectivity index (χ1) is 15.4. The minimum absolute atomic E-state index is 0.250. The lowest BCUT2D eigenvalue weighted by atomic mass is 10.1. The van der Waals surface area contributed by atoms with E-state index in [2.05, 4.69) is 20.6 Å². The lowest BCUT2D eigenvalue weighted by molar-refractivity contribution is 0.0948. The van der Waals surface area contributed by atoms with Gasteiger partial charge >= 0.3 is 0 Å². The summed E-state index contributed by atoms with van der Waals surface area (Å²) in [5.41, 5.74) is 4.93. The molecular formula is C24H24ClN5O2. The molecule has 0 unspecified atom stereocenters. The molecule has 0 saturated heterocycles. The fourth-order valence-corrected chi connectivity index (χ4v) is 3.44. The molecule has 0 fully saturated rings. The molecule has 4 rings (SSSR count). The number of halogens is 1. The SMILES string of the molecule is Cc1ccc(-c2nc(Cn3nnc(C(=O)NCCc4ccc(Cl)cc4)c3C)c(C)o2)cc1. The number of carbonyl (C=O) groups is 1. The fourth-order valence-electron chi connectivity index (χ4n) is 3.31. The van der Waals surface area contributed by atoms with Gasteiger partial charge in [0.2, 0.25) is 5.89 Å². The first kappa shape index (κ1) is 21.8. The van der Waals surface area contributed by atoms with Crippen molar-refractivity contribution in [2.75, 3.05) is 6.54 Å². The topological polar surface area (TPSA) is 85.8 Å². The molecule has 32 heavy (non-hydrogen) atoms. The van der Waals surface area contributed by atoms with Crippen molar-refractivity contribution in [1.29, 1.82) is 0 Å².